The van der Waals surface area contributed by atoms with Gasteiger partial charge in [-0.05, 0) is 25.2 Å². The van der Waals surface area contributed by atoms with Gasteiger partial charge >= 0.3 is 0 Å². The summed E-state index contributed by atoms with van der Waals surface area (Å²) >= 11 is 0. The van der Waals surface area contributed by atoms with E-state index in [-0.39, 0.29) is 5.75 Å². The molecule has 0 radical (unpaired) electrons. The van der Waals surface area contributed by atoms with Crippen molar-refractivity contribution in [1.82, 2.24) is 0 Å². The summed E-state index contributed by atoms with van der Waals surface area (Å²) in [5.41, 5.74) is 0. The molecule has 2 N–H and O–H groups in total. The Morgan fingerprint density at radius 3 is 2.60 bits per heavy atom. The molecule has 5 nitrogen and oxygen atoms in total. The van der Waals surface area contributed by atoms with Crippen LogP contribution in [-0.4, -0.2) is 40.6 Å². The summed E-state index contributed by atoms with van der Waals surface area (Å²) in [5.74, 6) is 0.564. The molecule has 1 aliphatic rings. The van der Waals surface area contributed by atoms with E-state index in [9.17, 15) is 8.42 Å². The van der Waals surface area contributed by atoms with Gasteiger partial charge in [0.2, 0.25) is 10.0 Å². The average Bonchev–Trinajstić information content (AvgIpc) is 2.17. The second kappa shape index (κ2) is 6.42. The molecule has 6 heteroatoms. The Morgan fingerprint density at radius 1 is 1.33 bits per heavy atom. The zero-order valence-corrected chi connectivity index (χ0v) is 9.67. The number of hydrogen-bond acceptors (Lipinski definition) is 4. The van der Waals surface area contributed by atoms with E-state index >= 15 is 0 Å². The first kappa shape index (κ1) is 12.9. The number of rotatable bonds is 6. The first-order valence-electron chi connectivity index (χ1n) is 5.24. The first-order valence-corrected chi connectivity index (χ1v) is 6.95. The molecule has 1 rings (SSSR count). The fourth-order valence-electron chi connectivity index (χ4n) is 1.53. The van der Waals surface area contributed by atoms with Crippen molar-refractivity contribution in [1.29, 1.82) is 0 Å². The number of ether oxygens (including phenoxy) is 2. The standard InChI is InChI=1S/C9H19NO4S/c10-15(11,12)7-1-4-14-8-9-2-5-13-6-3-9/h9H,1-8H2,(H2,10,11,12). The molecule has 1 heterocycles. The van der Waals surface area contributed by atoms with Crippen LogP contribution >= 0.6 is 0 Å². The van der Waals surface area contributed by atoms with E-state index in [1.807, 2.05) is 0 Å². The maximum atomic E-state index is 10.6. The summed E-state index contributed by atoms with van der Waals surface area (Å²) in [7, 11) is -3.33. The van der Waals surface area contributed by atoms with Crippen LogP contribution in [0.15, 0.2) is 0 Å². The highest BCUT2D eigenvalue weighted by Gasteiger charge is 2.13. The predicted octanol–water partition coefficient (Wildman–Crippen LogP) is 0.108. The van der Waals surface area contributed by atoms with E-state index in [1.165, 1.54) is 0 Å². The maximum absolute atomic E-state index is 10.6. The number of nitrogens with two attached hydrogens (primary N) is 1. The molecule has 0 aromatic heterocycles. The van der Waals surface area contributed by atoms with Gasteiger partial charge in [0.1, 0.15) is 0 Å². The molecule has 0 amide bonds. The van der Waals surface area contributed by atoms with Crippen LogP contribution in [0.25, 0.3) is 0 Å². The average molecular weight is 237 g/mol. The van der Waals surface area contributed by atoms with Crippen molar-refractivity contribution in [2.75, 3.05) is 32.2 Å². The topological polar surface area (TPSA) is 78.6 Å². The lowest BCUT2D eigenvalue weighted by atomic mass is 10.0. The molecule has 0 bridgehead atoms. The van der Waals surface area contributed by atoms with Crippen molar-refractivity contribution in [2.45, 2.75) is 19.3 Å². The molecule has 1 fully saturated rings. The second-order valence-corrected chi connectivity index (χ2v) is 5.59. The number of hydrogen-bond donors (Lipinski definition) is 1. The Bertz CT molecular complexity index is 259. The monoisotopic (exact) mass is 237 g/mol. The minimum Gasteiger partial charge on any atom is -0.381 e. The van der Waals surface area contributed by atoms with E-state index in [4.69, 9.17) is 14.6 Å². The normalized spacial score (nSPS) is 19.3. The molecule has 0 atom stereocenters. The molecule has 0 aromatic carbocycles. The summed E-state index contributed by atoms with van der Waals surface area (Å²) in [6.07, 6.45) is 2.55. The molecule has 0 saturated carbocycles. The van der Waals surface area contributed by atoms with Gasteiger partial charge in [-0.2, -0.15) is 0 Å². The largest absolute Gasteiger partial charge is 0.381 e. The predicted molar refractivity (Wildman–Crippen MR) is 57.0 cm³/mol. The summed E-state index contributed by atoms with van der Waals surface area (Å²) in [5, 5.41) is 4.86. The van der Waals surface area contributed by atoms with Crippen molar-refractivity contribution >= 4 is 10.0 Å². The van der Waals surface area contributed by atoms with E-state index in [1.54, 1.807) is 0 Å². The first-order chi connectivity index (χ1) is 7.08. The third-order valence-corrected chi connectivity index (χ3v) is 3.27. The van der Waals surface area contributed by atoms with Crippen molar-refractivity contribution in [3.63, 3.8) is 0 Å². The molecule has 1 saturated heterocycles. The third kappa shape index (κ3) is 6.83. The Balaban J connectivity index is 1.96. The van der Waals surface area contributed by atoms with Gasteiger partial charge in [0.25, 0.3) is 0 Å². The van der Waals surface area contributed by atoms with Crippen LogP contribution < -0.4 is 5.14 Å². The van der Waals surface area contributed by atoms with Gasteiger partial charge in [0.15, 0.2) is 0 Å². The van der Waals surface area contributed by atoms with Crippen LogP contribution in [0.4, 0.5) is 0 Å². The van der Waals surface area contributed by atoms with E-state index in [0.717, 1.165) is 26.1 Å². The Morgan fingerprint density at radius 2 is 2.00 bits per heavy atom. The molecule has 90 valence electrons. The van der Waals surface area contributed by atoms with Crippen molar-refractivity contribution in [3.8, 4) is 0 Å². The molecule has 15 heavy (non-hydrogen) atoms. The molecular formula is C9H19NO4S. The van der Waals surface area contributed by atoms with Crippen LogP contribution in [0.1, 0.15) is 19.3 Å². The molecule has 1 aliphatic heterocycles. The Kier molecular flexibility index (Phi) is 5.52. The van der Waals surface area contributed by atoms with Crippen molar-refractivity contribution in [3.05, 3.63) is 0 Å². The number of primary sulfonamides is 1. The van der Waals surface area contributed by atoms with E-state index in [2.05, 4.69) is 0 Å². The lowest BCUT2D eigenvalue weighted by molar-refractivity contribution is 0.0209. The van der Waals surface area contributed by atoms with Crippen LogP contribution in [0.2, 0.25) is 0 Å². The van der Waals surface area contributed by atoms with Gasteiger partial charge in [-0.25, -0.2) is 13.6 Å². The Hall–Kier alpha value is -0.170. The van der Waals surface area contributed by atoms with Gasteiger partial charge in [-0.15, -0.1) is 0 Å². The molecule has 0 spiro atoms. The fourth-order valence-corrected chi connectivity index (χ4v) is 2.05. The molecule has 0 aliphatic carbocycles. The zero-order chi connectivity index (χ0) is 11.1. The van der Waals surface area contributed by atoms with Crippen LogP contribution in [0.5, 0.6) is 0 Å². The van der Waals surface area contributed by atoms with Crippen LogP contribution in [0.3, 0.4) is 0 Å². The fraction of sp³-hybridized carbons (Fsp3) is 1.00. The summed E-state index contributed by atoms with van der Waals surface area (Å²) < 4.78 is 31.8. The van der Waals surface area contributed by atoms with Crippen molar-refractivity contribution < 1.29 is 17.9 Å². The van der Waals surface area contributed by atoms with Gasteiger partial charge in [0.05, 0.1) is 5.75 Å². The highest BCUT2D eigenvalue weighted by molar-refractivity contribution is 7.89. The van der Waals surface area contributed by atoms with Crippen LogP contribution in [-0.2, 0) is 19.5 Å². The molecule has 0 aromatic rings. The quantitative estimate of drug-likeness (QED) is 0.665. The molecule has 0 unspecified atom stereocenters. The van der Waals surface area contributed by atoms with Gasteiger partial charge in [-0.3, -0.25) is 0 Å². The van der Waals surface area contributed by atoms with Crippen LogP contribution in [0, 0.1) is 5.92 Å². The smallest absolute Gasteiger partial charge is 0.209 e. The highest BCUT2D eigenvalue weighted by atomic mass is 32.2. The Labute approximate surface area is 91.0 Å². The third-order valence-electron chi connectivity index (χ3n) is 2.41. The maximum Gasteiger partial charge on any atom is 0.209 e. The zero-order valence-electron chi connectivity index (χ0n) is 8.85. The van der Waals surface area contributed by atoms with Crippen molar-refractivity contribution in [2.24, 2.45) is 11.1 Å². The molecular weight excluding hydrogens is 218 g/mol. The van der Waals surface area contributed by atoms with Gasteiger partial charge in [0, 0.05) is 26.4 Å². The number of sulfonamides is 1. The van der Waals surface area contributed by atoms with E-state index < -0.39 is 10.0 Å². The SMILES string of the molecule is NS(=O)(=O)CCCOCC1CCOCC1. The van der Waals surface area contributed by atoms with Gasteiger partial charge in [-0.1, -0.05) is 0 Å². The highest BCUT2D eigenvalue weighted by Crippen LogP contribution is 2.14. The summed E-state index contributed by atoms with van der Waals surface area (Å²) in [6.45, 7) is 2.79. The lowest BCUT2D eigenvalue weighted by Crippen LogP contribution is -2.21. The van der Waals surface area contributed by atoms with E-state index in [0.29, 0.717) is 25.6 Å². The lowest BCUT2D eigenvalue weighted by Gasteiger charge is -2.21. The minimum absolute atomic E-state index is 0.000772. The second-order valence-electron chi connectivity index (χ2n) is 3.85. The summed E-state index contributed by atoms with van der Waals surface area (Å²) in [6, 6.07) is 0. The summed E-state index contributed by atoms with van der Waals surface area (Å²) in [4.78, 5) is 0. The van der Waals surface area contributed by atoms with Gasteiger partial charge < -0.3 is 9.47 Å². The minimum atomic E-state index is -3.33.